The lowest BCUT2D eigenvalue weighted by atomic mass is 10.0. The number of nitrogens with one attached hydrogen (secondary N) is 1. The third-order valence-electron chi connectivity index (χ3n) is 7.61. The molecule has 0 spiro atoms. The molecule has 0 bridgehead atoms. The van der Waals surface area contributed by atoms with Gasteiger partial charge in [-0.05, 0) is 61.7 Å². The minimum atomic E-state index is -0.938. The molecule has 14 heteroatoms. The largest absolute Gasteiger partial charge is 0.458 e. The van der Waals surface area contributed by atoms with Gasteiger partial charge in [-0.1, -0.05) is 66.7 Å². The molecule has 0 radical (unpaired) electrons. The monoisotopic (exact) mass is 742 g/mol. The molecule has 276 valence electrons. The lowest BCUT2D eigenvalue weighted by Gasteiger charge is -2.49. The average molecular weight is 743 g/mol. The summed E-state index contributed by atoms with van der Waals surface area (Å²) in [5, 5.41) is 2.01. The van der Waals surface area contributed by atoms with Crippen LogP contribution >= 0.6 is 11.8 Å². The molecule has 2 aliphatic heterocycles. The van der Waals surface area contributed by atoms with E-state index >= 15 is 0 Å². The summed E-state index contributed by atoms with van der Waals surface area (Å²) in [6, 6.07) is 21.3. The molecule has 0 aromatic heterocycles. The van der Waals surface area contributed by atoms with Crippen molar-refractivity contribution < 1.29 is 52.5 Å². The summed E-state index contributed by atoms with van der Waals surface area (Å²) < 4.78 is 27.0. The first kappa shape index (κ1) is 38.3. The number of hydrogen-bond donors (Lipinski definition) is 1. The molecule has 2 atom stereocenters. The maximum atomic E-state index is 14.2. The van der Waals surface area contributed by atoms with Gasteiger partial charge in [-0.2, -0.15) is 0 Å². The minimum Gasteiger partial charge on any atom is -0.458 e. The van der Waals surface area contributed by atoms with E-state index in [-0.39, 0.29) is 35.1 Å². The molecule has 13 nitrogen and oxygen atoms in total. The van der Waals surface area contributed by atoms with Crippen molar-refractivity contribution in [3.05, 3.63) is 119 Å². The molecule has 2 amide bonds. The highest BCUT2D eigenvalue weighted by Crippen LogP contribution is 2.42. The summed E-state index contributed by atoms with van der Waals surface area (Å²) >= 11 is 1.33. The Morgan fingerprint density at radius 2 is 1.47 bits per heavy atom. The van der Waals surface area contributed by atoms with Gasteiger partial charge in [0, 0.05) is 19.6 Å². The fraction of sp³-hybridized carbons (Fsp3) is 0.282. The maximum Gasteiger partial charge on any atom is 0.408 e. The third-order valence-corrected chi connectivity index (χ3v) is 8.91. The molecule has 3 aromatic carbocycles. The van der Waals surface area contributed by atoms with Crippen molar-refractivity contribution in [3.63, 3.8) is 0 Å². The van der Waals surface area contributed by atoms with Gasteiger partial charge in [-0.15, -0.1) is 11.8 Å². The number of benzene rings is 3. The molecule has 3 aromatic rings. The zero-order chi connectivity index (χ0) is 38.3. The molecule has 2 aliphatic rings. The van der Waals surface area contributed by atoms with Crippen LogP contribution in [0.4, 0.5) is 4.79 Å². The predicted molar refractivity (Wildman–Crippen MR) is 193 cm³/mol. The number of fused-ring (bicyclic) bond motifs is 1. The predicted octanol–water partition coefficient (Wildman–Crippen LogP) is 5.65. The van der Waals surface area contributed by atoms with Crippen LogP contribution in [-0.4, -0.2) is 70.2 Å². The lowest BCUT2D eigenvalue weighted by molar-refractivity contribution is -0.153. The number of nitrogens with zero attached hydrogens (tertiary/aromatic N) is 1. The van der Waals surface area contributed by atoms with Gasteiger partial charge in [0.2, 0.25) is 0 Å². The Balaban J connectivity index is 1.39. The fourth-order valence-electron chi connectivity index (χ4n) is 5.45. The molecule has 1 saturated heterocycles. The molecular weight excluding hydrogens is 704 g/mol. The van der Waals surface area contributed by atoms with E-state index in [1.165, 1.54) is 47.9 Å². The van der Waals surface area contributed by atoms with Crippen molar-refractivity contribution in [2.24, 2.45) is 0 Å². The van der Waals surface area contributed by atoms with Crippen molar-refractivity contribution in [3.8, 4) is 11.5 Å². The first-order chi connectivity index (χ1) is 25.2. The van der Waals surface area contributed by atoms with Crippen molar-refractivity contribution in [1.29, 1.82) is 0 Å². The molecule has 1 N–H and O–H groups in total. The molecule has 1 fully saturated rings. The summed E-state index contributed by atoms with van der Waals surface area (Å²) in [6.45, 7) is 7.23. The number of amides is 2. The van der Waals surface area contributed by atoms with Crippen LogP contribution in [0.1, 0.15) is 62.2 Å². The summed E-state index contributed by atoms with van der Waals surface area (Å²) in [5.74, 6) is -3.32. The summed E-state index contributed by atoms with van der Waals surface area (Å²) in [5.41, 5.74) is 1.10. The topological polar surface area (TPSA) is 164 Å². The first-order valence-corrected chi connectivity index (χ1v) is 17.6. The van der Waals surface area contributed by atoms with Gasteiger partial charge < -0.3 is 29.0 Å². The Morgan fingerprint density at radius 3 is 2.06 bits per heavy atom. The van der Waals surface area contributed by atoms with Gasteiger partial charge >= 0.3 is 30.0 Å². The van der Waals surface area contributed by atoms with E-state index in [4.69, 9.17) is 23.7 Å². The standard InChI is InChI=1S/C39H38N2O11S/c1-23(42)49-29-19-18-27(21-30(29)50-24(2)43)36(45)48-20-12-17-28-22-53-35-31(40-38(47)52-39(3,4)5)34(44)41(35)32(28)37(46)51-33(25-13-8-6-9-14-25)26-15-10-7-11-16-26/h6-19,21,31,33,35H,20,22H2,1-5H3,(H,40,47)/b17-12+. The summed E-state index contributed by atoms with van der Waals surface area (Å²) in [4.78, 5) is 77.5. The van der Waals surface area contributed by atoms with Gasteiger partial charge in [0.05, 0.1) is 5.56 Å². The number of allylic oxidation sites excluding steroid dienone is 1. The SMILES string of the molecule is CC(=O)Oc1ccc(C(=O)OC/C=C/C2=C(C(=O)OC(c3ccccc3)c3ccccc3)N3C(=O)C(NC(=O)OC(C)(C)C)C3SC2)cc1OC(C)=O. The van der Waals surface area contributed by atoms with Gasteiger partial charge in [0.15, 0.2) is 17.6 Å². The number of alkyl carbamates (subject to hydrolysis) is 1. The lowest BCUT2D eigenvalue weighted by Crippen LogP contribution is -2.70. The number of thioether (sulfide) groups is 1. The highest BCUT2D eigenvalue weighted by molar-refractivity contribution is 8.00. The van der Waals surface area contributed by atoms with Crippen LogP contribution in [0.15, 0.2) is 102 Å². The van der Waals surface area contributed by atoms with Crippen LogP contribution in [0, 0.1) is 0 Å². The molecule has 0 saturated carbocycles. The van der Waals surface area contributed by atoms with Crippen molar-refractivity contribution in [1.82, 2.24) is 10.2 Å². The number of esters is 4. The molecule has 53 heavy (non-hydrogen) atoms. The Morgan fingerprint density at radius 1 is 0.868 bits per heavy atom. The number of ether oxygens (including phenoxy) is 5. The van der Waals surface area contributed by atoms with E-state index in [0.29, 0.717) is 5.57 Å². The van der Waals surface area contributed by atoms with Crippen LogP contribution in [0.25, 0.3) is 0 Å². The Bertz CT molecular complexity index is 1910. The quantitative estimate of drug-likeness (QED) is 0.111. The van der Waals surface area contributed by atoms with Crippen LogP contribution in [0.3, 0.4) is 0 Å². The second-order valence-electron chi connectivity index (χ2n) is 12.9. The van der Waals surface area contributed by atoms with Crippen molar-refractivity contribution >= 4 is 47.6 Å². The zero-order valence-electron chi connectivity index (χ0n) is 29.7. The summed E-state index contributed by atoms with van der Waals surface area (Å²) in [6.07, 6.45) is 1.52. The number of hydrogen-bond acceptors (Lipinski definition) is 12. The fourth-order valence-corrected chi connectivity index (χ4v) is 6.77. The van der Waals surface area contributed by atoms with E-state index in [1.807, 2.05) is 60.7 Å². The van der Waals surface area contributed by atoms with Gasteiger partial charge in [-0.3, -0.25) is 19.3 Å². The average Bonchev–Trinajstić information content (AvgIpc) is 3.11. The Hall–Kier alpha value is -5.89. The van der Waals surface area contributed by atoms with E-state index < -0.39 is 59.0 Å². The molecule has 0 aliphatic carbocycles. The normalized spacial score (nSPS) is 16.7. The second-order valence-corrected chi connectivity index (χ2v) is 14.0. The van der Waals surface area contributed by atoms with Crippen molar-refractivity contribution in [2.45, 2.75) is 57.7 Å². The smallest absolute Gasteiger partial charge is 0.408 e. The third kappa shape index (κ3) is 9.71. The minimum absolute atomic E-state index is 0.00693. The van der Waals surface area contributed by atoms with Crippen molar-refractivity contribution in [2.75, 3.05) is 12.4 Å². The Kier molecular flexibility index (Phi) is 12.0. The van der Waals surface area contributed by atoms with E-state index in [9.17, 15) is 28.8 Å². The zero-order valence-corrected chi connectivity index (χ0v) is 30.5. The van der Waals surface area contributed by atoms with Crippen LogP contribution in [0.5, 0.6) is 11.5 Å². The number of carbonyl (C=O) groups excluding carboxylic acids is 6. The van der Waals surface area contributed by atoms with Gasteiger partial charge in [0.1, 0.15) is 29.3 Å². The van der Waals surface area contributed by atoms with Crippen LogP contribution in [-0.2, 0) is 33.4 Å². The van der Waals surface area contributed by atoms with Crippen LogP contribution < -0.4 is 14.8 Å². The van der Waals surface area contributed by atoms with Gasteiger partial charge in [0.25, 0.3) is 5.91 Å². The number of β-lactam (4-membered cyclic amide) rings is 1. The number of rotatable bonds is 11. The molecule has 2 heterocycles. The first-order valence-electron chi connectivity index (χ1n) is 16.5. The maximum absolute atomic E-state index is 14.2. The van der Waals surface area contributed by atoms with E-state index in [2.05, 4.69) is 5.32 Å². The highest BCUT2D eigenvalue weighted by Gasteiger charge is 2.54. The molecular formula is C39H38N2O11S. The van der Waals surface area contributed by atoms with E-state index in [0.717, 1.165) is 18.1 Å². The second kappa shape index (κ2) is 16.6. The molecule has 5 rings (SSSR count). The van der Waals surface area contributed by atoms with E-state index in [1.54, 1.807) is 26.8 Å². The number of carbonyl (C=O) groups is 6. The van der Waals surface area contributed by atoms with Gasteiger partial charge in [-0.25, -0.2) is 14.4 Å². The van der Waals surface area contributed by atoms with Crippen LogP contribution in [0.2, 0.25) is 0 Å². The Labute approximate surface area is 310 Å². The summed E-state index contributed by atoms with van der Waals surface area (Å²) in [7, 11) is 0. The highest BCUT2D eigenvalue weighted by atomic mass is 32.2. The molecule has 2 unspecified atom stereocenters.